The number of nitriles is 1. The van der Waals surface area contributed by atoms with Gasteiger partial charge in [0.15, 0.2) is 5.78 Å². The van der Waals surface area contributed by atoms with Crippen LogP contribution in [0.25, 0.3) is 0 Å². The predicted molar refractivity (Wildman–Crippen MR) is 84.9 cm³/mol. The quantitative estimate of drug-likeness (QED) is 0.742. The molecule has 0 aliphatic heterocycles. The Morgan fingerprint density at radius 1 is 1.19 bits per heavy atom. The topological polar surface area (TPSA) is 50.1 Å². The highest BCUT2D eigenvalue weighted by Gasteiger charge is 2.13. The maximum absolute atomic E-state index is 11.7. The number of ketones is 1. The summed E-state index contributed by atoms with van der Waals surface area (Å²) in [6.07, 6.45) is 0. The smallest absolute Gasteiger partial charge is 0.163 e. The average Bonchev–Trinajstić information content (AvgIpc) is 2.42. The van der Waals surface area contributed by atoms with E-state index in [1.54, 1.807) is 24.3 Å². The number of Topliss-reactive ketones (excluding diaryl/α,β-unsaturated/α-hetero) is 1. The van der Waals surface area contributed by atoms with Crippen LogP contribution in [0.3, 0.4) is 0 Å². The van der Waals surface area contributed by atoms with Crippen LogP contribution in [-0.2, 0) is 0 Å². The molecule has 2 rings (SSSR count). The highest BCUT2D eigenvalue weighted by molar-refractivity contribution is 9.10. The van der Waals surface area contributed by atoms with Crippen molar-refractivity contribution in [2.24, 2.45) is 0 Å². The first-order valence-corrected chi connectivity index (χ1v) is 7.21. The van der Waals surface area contributed by atoms with E-state index in [0.717, 1.165) is 15.6 Å². The van der Waals surface area contributed by atoms with Crippen LogP contribution >= 0.6 is 15.9 Å². The lowest BCUT2D eigenvalue weighted by atomic mass is 10.1. The molecule has 0 unspecified atom stereocenters. The largest absolute Gasteiger partial charge is 0.456 e. The van der Waals surface area contributed by atoms with Gasteiger partial charge in [-0.1, -0.05) is 15.9 Å². The molecule has 3 nitrogen and oxygen atoms in total. The number of ether oxygens (including phenoxy) is 1. The molecule has 0 saturated carbocycles. The van der Waals surface area contributed by atoms with E-state index in [2.05, 4.69) is 22.0 Å². The van der Waals surface area contributed by atoms with Gasteiger partial charge < -0.3 is 4.74 Å². The fourth-order valence-electron chi connectivity index (χ4n) is 2.16. The Labute approximate surface area is 132 Å². The lowest BCUT2D eigenvalue weighted by Crippen LogP contribution is -1.99. The molecule has 21 heavy (non-hydrogen) atoms. The molecule has 0 aliphatic carbocycles. The number of rotatable bonds is 3. The zero-order valence-electron chi connectivity index (χ0n) is 12.0. The molecule has 0 heterocycles. The number of carbonyl (C=O) groups is 1. The van der Waals surface area contributed by atoms with E-state index < -0.39 is 0 Å². The van der Waals surface area contributed by atoms with Crippen LogP contribution in [0.2, 0.25) is 0 Å². The van der Waals surface area contributed by atoms with Gasteiger partial charge >= 0.3 is 0 Å². The fraction of sp³-hybridized carbons (Fsp3) is 0.176. The summed E-state index contributed by atoms with van der Waals surface area (Å²) in [6.45, 7) is 5.28. The van der Waals surface area contributed by atoms with Crippen molar-refractivity contribution < 1.29 is 9.53 Å². The summed E-state index contributed by atoms with van der Waals surface area (Å²) in [5.41, 5.74) is 2.85. The van der Waals surface area contributed by atoms with Crippen molar-refractivity contribution in [3.05, 3.63) is 57.1 Å². The molecular formula is C17H14BrNO2. The first-order valence-electron chi connectivity index (χ1n) is 6.42. The van der Waals surface area contributed by atoms with Gasteiger partial charge in [-0.3, -0.25) is 4.79 Å². The van der Waals surface area contributed by atoms with Gasteiger partial charge in [0.2, 0.25) is 0 Å². The van der Waals surface area contributed by atoms with Crippen molar-refractivity contribution in [1.29, 1.82) is 5.26 Å². The summed E-state index contributed by atoms with van der Waals surface area (Å²) >= 11 is 3.38. The SMILES string of the molecule is CC(=O)c1ccc(Br)cc1Oc1c(C)cc(C#N)cc1C. The summed E-state index contributed by atoms with van der Waals surface area (Å²) in [4.78, 5) is 11.7. The molecule has 0 aliphatic rings. The Morgan fingerprint density at radius 3 is 2.33 bits per heavy atom. The average molecular weight is 344 g/mol. The Hall–Kier alpha value is -2.12. The zero-order chi connectivity index (χ0) is 15.6. The molecule has 0 atom stereocenters. The summed E-state index contributed by atoms with van der Waals surface area (Å²) in [7, 11) is 0. The van der Waals surface area contributed by atoms with E-state index in [1.807, 2.05) is 19.9 Å². The maximum atomic E-state index is 11.7. The van der Waals surface area contributed by atoms with Gasteiger partial charge in [0, 0.05) is 4.47 Å². The molecule has 106 valence electrons. The normalized spacial score (nSPS) is 10.0. The number of benzene rings is 2. The molecule has 0 aromatic heterocycles. The van der Waals surface area contributed by atoms with Crippen molar-refractivity contribution in [2.45, 2.75) is 20.8 Å². The predicted octanol–water partition coefficient (Wildman–Crippen LogP) is 4.93. The van der Waals surface area contributed by atoms with Crippen LogP contribution in [0, 0.1) is 25.2 Å². The van der Waals surface area contributed by atoms with Crippen molar-refractivity contribution in [2.75, 3.05) is 0 Å². The van der Waals surface area contributed by atoms with Gasteiger partial charge in [0.25, 0.3) is 0 Å². The number of hydrogen-bond donors (Lipinski definition) is 0. The van der Waals surface area contributed by atoms with E-state index in [1.165, 1.54) is 6.92 Å². The van der Waals surface area contributed by atoms with E-state index in [0.29, 0.717) is 22.6 Å². The Bertz CT molecular complexity index is 737. The van der Waals surface area contributed by atoms with Gasteiger partial charge in [0.1, 0.15) is 11.5 Å². The van der Waals surface area contributed by atoms with Gasteiger partial charge in [-0.25, -0.2) is 0 Å². The molecule has 0 amide bonds. The molecule has 4 heteroatoms. The molecule has 0 N–H and O–H groups in total. The first-order chi connectivity index (χ1) is 9.92. The maximum Gasteiger partial charge on any atom is 0.163 e. The Balaban J connectivity index is 2.51. The van der Waals surface area contributed by atoms with Crippen molar-refractivity contribution in [1.82, 2.24) is 0 Å². The van der Waals surface area contributed by atoms with Gasteiger partial charge in [0.05, 0.1) is 17.2 Å². The number of hydrogen-bond acceptors (Lipinski definition) is 3. The van der Waals surface area contributed by atoms with Crippen LogP contribution in [0.5, 0.6) is 11.5 Å². The molecular weight excluding hydrogens is 330 g/mol. The van der Waals surface area contributed by atoms with Gasteiger partial charge in [-0.2, -0.15) is 5.26 Å². The van der Waals surface area contributed by atoms with Crippen LogP contribution in [0.1, 0.15) is 34.0 Å². The third-order valence-corrected chi connectivity index (χ3v) is 3.62. The molecule has 0 radical (unpaired) electrons. The second-order valence-electron chi connectivity index (χ2n) is 4.85. The highest BCUT2D eigenvalue weighted by Crippen LogP contribution is 2.33. The lowest BCUT2D eigenvalue weighted by Gasteiger charge is -2.14. The summed E-state index contributed by atoms with van der Waals surface area (Å²) < 4.78 is 6.79. The fourth-order valence-corrected chi connectivity index (χ4v) is 2.50. The number of aryl methyl sites for hydroxylation is 2. The minimum absolute atomic E-state index is 0.0542. The van der Waals surface area contributed by atoms with E-state index >= 15 is 0 Å². The molecule has 0 fully saturated rings. The van der Waals surface area contributed by atoms with Crippen molar-refractivity contribution in [3.63, 3.8) is 0 Å². The van der Waals surface area contributed by atoms with Gasteiger partial charge in [-0.15, -0.1) is 0 Å². The third-order valence-electron chi connectivity index (χ3n) is 3.12. The minimum atomic E-state index is -0.0542. The van der Waals surface area contributed by atoms with Gasteiger partial charge in [-0.05, 0) is 62.2 Å². The second kappa shape index (κ2) is 6.11. The van der Waals surface area contributed by atoms with Crippen molar-refractivity contribution in [3.8, 4) is 17.6 Å². The second-order valence-corrected chi connectivity index (χ2v) is 5.77. The summed E-state index contributed by atoms with van der Waals surface area (Å²) in [5.74, 6) is 1.13. The number of nitrogens with zero attached hydrogens (tertiary/aromatic N) is 1. The van der Waals surface area contributed by atoms with Crippen LogP contribution in [0.4, 0.5) is 0 Å². The highest BCUT2D eigenvalue weighted by atomic mass is 79.9. The minimum Gasteiger partial charge on any atom is -0.456 e. The first kappa shape index (κ1) is 15.3. The van der Waals surface area contributed by atoms with E-state index in [9.17, 15) is 4.79 Å². The molecule has 2 aromatic rings. The molecule has 0 saturated heterocycles. The van der Waals surface area contributed by atoms with Crippen molar-refractivity contribution >= 4 is 21.7 Å². The van der Waals surface area contributed by atoms with Crippen LogP contribution < -0.4 is 4.74 Å². The van der Waals surface area contributed by atoms with Crippen LogP contribution in [0.15, 0.2) is 34.8 Å². The molecule has 0 bridgehead atoms. The number of halogens is 1. The summed E-state index contributed by atoms with van der Waals surface area (Å²) in [5, 5.41) is 8.98. The lowest BCUT2D eigenvalue weighted by molar-refractivity contribution is 0.101. The molecule has 2 aromatic carbocycles. The Kier molecular flexibility index (Phi) is 4.44. The monoisotopic (exact) mass is 343 g/mol. The summed E-state index contributed by atoms with van der Waals surface area (Å²) in [6, 6.07) is 11.0. The van der Waals surface area contributed by atoms with E-state index in [4.69, 9.17) is 10.00 Å². The van der Waals surface area contributed by atoms with E-state index in [-0.39, 0.29) is 5.78 Å². The standard InChI is InChI=1S/C17H14BrNO2/c1-10-6-13(9-19)7-11(2)17(10)21-16-8-14(18)4-5-15(16)12(3)20/h4-8H,1-3H3. The number of carbonyl (C=O) groups excluding carboxylic acids is 1. The molecule has 0 spiro atoms. The Morgan fingerprint density at radius 2 is 1.81 bits per heavy atom. The third kappa shape index (κ3) is 3.32. The zero-order valence-corrected chi connectivity index (χ0v) is 13.6. The van der Waals surface area contributed by atoms with Crippen LogP contribution in [-0.4, -0.2) is 5.78 Å².